The molecule has 1 aliphatic rings. The lowest BCUT2D eigenvalue weighted by Gasteiger charge is -2.32. The van der Waals surface area contributed by atoms with Gasteiger partial charge in [0.05, 0.1) is 0 Å². The average molecular weight is 475 g/mol. The molecule has 0 N–H and O–H groups in total. The third-order valence-corrected chi connectivity index (χ3v) is 7.36. The minimum atomic E-state index is 0.556. The van der Waals surface area contributed by atoms with Crippen LogP contribution in [0, 0.1) is 5.92 Å². The van der Waals surface area contributed by atoms with Crippen LogP contribution in [0.15, 0.2) is 83.8 Å². The SMILES string of the molecule is CSc1ccc(CN2CCC(N(CCC(C)C)c3ccc(OCc4ccccc4)cc3)C2)cc1. The van der Waals surface area contributed by atoms with E-state index in [2.05, 4.69) is 103 Å². The first-order valence-electron chi connectivity index (χ1n) is 12.5. The lowest BCUT2D eigenvalue weighted by Crippen LogP contribution is -2.38. The summed E-state index contributed by atoms with van der Waals surface area (Å²) in [4.78, 5) is 6.58. The molecule has 3 nitrogen and oxygen atoms in total. The molecule has 4 rings (SSSR count). The molecule has 4 heteroatoms. The van der Waals surface area contributed by atoms with Crippen molar-refractivity contribution in [3.63, 3.8) is 0 Å². The van der Waals surface area contributed by atoms with E-state index in [4.69, 9.17) is 4.74 Å². The molecule has 0 bridgehead atoms. The predicted octanol–water partition coefficient (Wildman–Crippen LogP) is 7.11. The number of benzene rings is 3. The maximum atomic E-state index is 6.02. The van der Waals surface area contributed by atoms with E-state index in [0.29, 0.717) is 18.6 Å². The van der Waals surface area contributed by atoms with Crippen molar-refractivity contribution in [2.24, 2.45) is 5.92 Å². The molecule has 1 fully saturated rings. The van der Waals surface area contributed by atoms with Crippen LogP contribution in [0.4, 0.5) is 5.69 Å². The highest BCUT2D eigenvalue weighted by atomic mass is 32.2. The molecule has 0 aliphatic carbocycles. The maximum Gasteiger partial charge on any atom is 0.119 e. The first kappa shape index (κ1) is 24.7. The van der Waals surface area contributed by atoms with Crippen molar-refractivity contribution in [2.45, 2.75) is 50.8 Å². The molecular weight excluding hydrogens is 436 g/mol. The zero-order valence-corrected chi connectivity index (χ0v) is 21.6. The Bertz CT molecular complexity index is 989. The average Bonchev–Trinajstić information content (AvgIpc) is 3.32. The zero-order valence-electron chi connectivity index (χ0n) is 20.8. The molecule has 1 aliphatic heterocycles. The minimum absolute atomic E-state index is 0.556. The highest BCUT2D eigenvalue weighted by molar-refractivity contribution is 7.98. The van der Waals surface area contributed by atoms with Gasteiger partial charge < -0.3 is 9.64 Å². The summed E-state index contributed by atoms with van der Waals surface area (Å²) in [6, 6.07) is 28.7. The standard InChI is InChI=1S/C30H38N2OS/c1-24(2)17-20-32(27-11-13-29(14-12-27)33-23-26-7-5-4-6-8-26)28-18-19-31(22-28)21-25-9-15-30(34-3)16-10-25/h4-16,24,28H,17-23H2,1-3H3. The smallest absolute Gasteiger partial charge is 0.119 e. The van der Waals surface area contributed by atoms with E-state index in [-0.39, 0.29) is 0 Å². The number of anilines is 1. The Morgan fingerprint density at radius 1 is 0.941 bits per heavy atom. The van der Waals surface area contributed by atoms with E-state index < -0.39 is 0 Å². The topological polar surface area (TPSA) is 15.7 Å². The van der Waals surface area contributed by atoms with Gasteiger partial charge in [0.2, 0.25) is 0 Å². The maximum absolute atomic E-state index is 6.02. The number of thioether (sulfide) groups is 1. The molecule has 0 spiro atoms. The van der Waals surface area contributed by atoms with Crippen molar-refractivity contribution in [3.05, 3.63) is 90.0 Å². The highest BCUT2D eigenvalue weighted by Gasteiger charge is 2.28. The summed E-state index contributed by atoms with van der Waals surface area (Å²) >= 11 is 1.80. The quantitative estimate of drug-likeness (QED) is 0.275. The summed E-state index contributed by atoms with van der Waals surface area (Å²) in [6.45, 7) is 9.65. The Kier molecular flexibility index (Phi) is 8.95. The van der Waals surface area contributed by atoms with Gasteiger partial charge in [-0.1, -0.05) is 56.3 Å². The molecule has 1 unspecified atom stereocenters. The summed E-state index contributed by atoms with van der Waals surface area (Å²) in [5.74, 6) is 1.63. The Morgan fingerprint density at radius 3 is 2.35 bits per heavy atom. The van der Waals surface area contributed by atoms with Gasteiger partial charge in [0.15, 0.2) is 0 Å². The first-order valence-corrected chi connectivity index (χ1v) is 13.7. The number of ether oxygens (including phenoxy) is 1. The largest absolute Gasteiger partial charge is 0.489 e. The highest BCUT2D eigenvalue weighted by Crippen LogP contribution is 2.27. The van der Waals surface area contributed by atoms with Crippen molar-refractivity contribution in [2.75, 3.05) is 30.8 Å². The van der Waals surface area contributed by atoms with Crippen LogP contribution in [0.3, 0.4) is 0 Å². The monoisotopic (exact) mass is 474 g/mol. The van der Waals surface area contributed by atoms with Gasteiger partial charge in [-0.25, -0.2) is 0 Å². The van der Waals surface area contributed by atoms with Crippen molar-refractivity contribution >= 4 is 17.4 Å². The van der Waals surface area contributed by atoms with Crippen LogP contribution in [-0.2, 0) is 13.2 Å². The second-order valence-electron chi connectivity index (χ2n) is 9.67. The van der Waals surface area contributed by atoms with E-state index in [1.165, 1.54) is 34.6 Å². The Hall–Kier alpha value is -2.43. The van der Waals surface area contributed by atoms with E-state index in [9.17, 15) is 0 Å². The van der Waals surface area contributed by atoms with Crippen LogP contribution in [-0.4, -0.2) is 36.8 Å². The third kappa shape index (κ3) is 7.04. The molecule has 1 saturated heterocycles. The van der Waals surface area contributed by atoms with E-state index in [0.717, 1.165) is 31.9 Å². The fourth-order valence-corrected chi connectivity index (χ4v) is 5.00. The molecule has 1 heterocycles. The van der Waals surface area contributed by atoms with Crippen LogP contribution < -0.4 is 9.64 Å². The predicted molar refractivity (Wildman–Crippen MR) is 146 cm³/mol. The van der Waals surface area contributed by atoms with Crippen LogP contribution >= 0.6 is 11.8 Å². The summed E-state index contributed by atoms with van der Waals surface area (Å²) in [6.07, 6.45) is 4.56. The third-order valence-electron chi connectivity index (χ3n) is 6.62. The molecule has 3 aromatic carbocycles. The van der Waals surface area contributed by atoms with Crippen molar-refractivity contribution in [1.82, 2.24) is 4.90 Å². The molecular formula is C30H38N2OS. The summed E-state index contributed by atoms with van der Waals surface area (Å²) in [5, 5.41) is 0. The Labute approximate surface area is 210 Å². The first-order chi connectivity index (χ1) is 16.6. The number of hydrogen-bond acceptors (Lipinski definition) is 4. The van der Waals surface area contributed by atoms with Crippen molar-refractivity contribution in [1.29, 1.82) is 0 Å². The summed E-state index contributed by atoms with van der Waals surface area (Å²) < 4.78 is 6.02. The van der Waals surface area contributed by atoms with Gasteiger partial charge in [-0.2, -0.15) is 0 Å². The van der Waals surface area contributed by atoms with E-state index in [1.54, 1.807) is 11.8 Å². The number of likely N-dealkylation sites (tertiary alicyclic amines) is 1. The van der Waals surface area contributed by atoms with Gasteiger partial charge in [-0.05, 0) is 72.5 Å². The molecule has 0 radical (unpaired) electrons. The van der Waals surface area contributed by atoms with Gasteiger partial charge in [-0.3, -0.25) is 4.90 Å². The van der Waals surface area contributed by atoms with Crippen molar-refractivity contribution in [3.8, 4) is 5.75 Å². The fraction of sp³-hybridized carbons (Fsp3) is 0.400. The molecule has 1 atom stereocenters. The number of nitrogens with zero attached hydrogens (tertiary/aromatic N) is 2. The second kappa shape index (κ2) is 12.3. The van der Waals surface area contributed by atoms with Crippen LogP contribution in [0.25, 0.3) is 0 Å². The van der Waals surface area contributed by atoms with Crippen LogP contribution in [0.2, 0.25) is 0 Å². The molecule has 180 valence electrons. The zero-order chi connectivity index (χ0) is 23.8. The lowest BCUT2D eigenvalue weighted by molar-refractivity contribution is 0.306. The fourth-order valence-electron chi connectivity index (χ4n) is 4.59. The van der Waals surface area contributed by atoms with Crippen LogP contribution in [0.1, 0.15) is 37.8 Å². The number of rotatable bonds is 11. The Balaban J connectivity index is 1.38. The van der Waals surface area contributed by atoms with E-state index >= 15 is 0 Å². The van der Waals surface area contributed by atoms with Gasteiger partial charge in [-0.15, -0.1) is 11.8 Å². The van der Waals surface area contributed by atoms with E-state index in [1.807, 2.05) is 6.07 Å². The minimum Gasteiger partial charge on any atom is -0.489 e. The molecule has 34 heavy (non-hydrogen) atoms. The normalized spacial score (nSPS) is 16.2. The second-order valence-corrected chi connectivity index (χ2v) is 10.5. The molecule has 0 aromatic heterocycles. The summed E-state index contributed by atoms with van der Waals surface area (Å²) in [7, 11) is 0. The van der Waals surface area contributed by atoms with Gasteiger partial charge >= 0.3 is 0 Å². The summed E-state index contributed by atoms with van der Waals surface area (Å²) in [5.41, 5.74) is 3.91. The molecule has 0 amide bonds. The molecule has 3 aromatic rings. The van der Waals surface area contributed by atoms with Crippen LogP contribution in [0.5, 0.6) is 5.75 Å². The Morgan fingerprint density at radius 2 is 1.68 bits per heavy atom. The molecule has 0 saturated carbocycles. The lowest BCUT2D eigenvalue weighted by atomic mass is 10.1. The number of hydrogen-bond donors (Lipinski definition) is 0. The van der Waals surface area contributed by atoms with Gasteiger partial charge in [0.25, 0.3) is 0 Å². The van der Waals surface area contributed by atoms with Gasteiger partial charge in [0.1, 0.15) is 12.4 Å². The van der Waals surface area contributed by atoms with Crippen molar-refractivity contribution < 1.29 is 4.74 Å². The van der Waals surface area contributed by atoms with Gasteiger partial charge in [0, 0.05) is 42.8 Å².